The Hall–Kier alpha value is -2.94. The van der Waals surface area contributed by atoms with E-state index in [2.05, 4.69) is 15.3 Å². The van der Waals surface area contributed by atoms with Crippen LogP contribution in [-0.4, -0.2) is 21.6 Å². The summed E-state index contributed by atoms with van der Waals surface area (Å²) < 4.78 is 54.5. The molecule has 0 aliphatic rings. The lowest BCUT2D eigenvalue weighted by Gasteiger charge is -2.16. The van der Waals surface area contributed by atoms with E-state index in [-0.39, 0.29) is 34.3 Å². The number of rotatable bonds is 8. The molecule has 1 aromatic heterocycles. The van der Waals surface area contributed by atoms with Crippen molar-refractivity contribution in [2.45, 2.75) is 23.9 Å². The minimum atomic E-state index is -3.14. The Kier molecular flexibility index (Phi) is 7.04. The van der Waals surface area contributed by atoms with E-state index in [0.717, 1.165) is 36.0 Å². The average molecular weight is 435 g/mol. The minimum Gasteiger partial charge on any atom is -0.348 e. The number of aromatic nitrogens is 2. The van der Waals surface area contributed by atoms with E-state index in [0.29, 0.717) is 5.56 Å². The highest BCUT2D eigenvalue weighted by Crippen LogP contribution is 2.34. The van der Waals surface area contributed by atoms with Gasteiger partial charge in [-0.25, -0.2) is 27.5 Å². The molecule has 156 valence electrons. The molecular weight excluding hydrogens is 418 g/mol. The third-order valence-electron chi connectivity index (χ3n) is 4.21. The standard InChI is InChI=1S/C21H17F4N3OS/c22-16-5-1-14(2-6-16)11-27-19(29)18-12-26-13-28-20(18)30-10-9-21(24,25)15-3-7-17(23)8-4-15/h1-8,12-13H,9-11H2,(H,27,29). The number of halogens is 4. The molecule has 3 aromatic rings. The van der Waals surface area contributed by atoms with Crippen molar-refractivity contribution in [3.63, 3.8) is 0 Å². The van der Waals surface area contributed by atoms with Crippen LogP contribution in [0.1, 0.15) is 27.9 Å². The summed E-state index contributed by atoms with van der Waals surface area (Å²) in [5.74, 6) is -4.58. The zero-order chi connectivity index (χ0) is 21.6. The van der Waals surface area contributed by atoms with Crippen LogP contribution in [0.15, 0.2) is 66.1 Å². The Bertz CT molecular complexity index is 998. The molecule has 9 heteroatoms. The quantitative estimate of drug-likeness (QED) is 0.309. The first-order valence-electron chi connectivity index (χ1n) is 8.94. The lowest BCUT2D eigenvalue weighted by molar-refractivity contribution is -0.00707. The van der Waals surface area contributed by atoms with Crippen LogP contribution in [0.25, 0.3) is 0 Å². The van der Waals surface area contributed by atoms with Crippen molar-refractivity contribution in [3.05, 3.63) is 89.4 Å². The Labute approximate surface area is 174 Å². The number of benzene rings is 2. The number of alkyl halides is 2. The third kappa shape index (κ3) is 5.79. The van der Waals surface area contributed by atoms with Gasteiger partial charge < -0.3 is 5.32 Å². The second-order valence-electron chi connectivity index (χ2n) is 6.36. The molecule has 1 N–H and O–H groups in total. The van der Waals surface area contributed by atoms with Gasteiger partial charge in [-0.1, -0.05) is 24.3 Å². The van der Waals surface area contributed by atoms with Crippen molar-refractivity contribution < 1.29 is 22.4 Å². The van der Waals surface area contributed by atoms with Crippen molar-refractivity contribution in [1.82, 2.24) is 15.3 Å². The van der Waals surface area contributed by atoms with E-state index >= 15 is 0 Å². The number of nitrogens with zero attached hydrogens (tertiary/aromatic N) is 2. The van der Waals surface area contributed by atoms with Gasteiger partial charge in [0.15, 0.2) is 0 Å². The Morgan fingerprint density at radius 2 is 1.63 bits per heavy atom. The molecule has 3 rings (SSSR count). The van der Waals surface area contributed by atoms with Crippen LogP contribution in [0.3, 0.4) is 0 Å². The average Bonchev–Trinajstić information content (AvgIpc) is 2.74. The molecule has 0 fully saturated rings. The molecule has 0 unspecified atom stereocenters. The normalized spacial score (nSPS) is 11.3. The highest BCUT2D eigenvalue weighted by atomic mass is 32.2. The lowest BCUT2D eigenvalue weighted by atomic mass is 10.1. The van der Waals surface area contributed by atoms with Crippen LogP contribution in [0.4, 0.5) is 17.6 Å². The highest BCUT2D eigenvalue weighted by Gasteiger charge is 2.31. The minimum absolute atomic E-state index is 0.0143. The first-order chi connectivity index (χ1) is 14.3. The van der Waals surface area contributed by atoms with Crippen molar-refractivity contribution in [3.8, 4) is 0 Å². The number of amides is 1. The summed E-state index contributed by atoms with van der Waals surface area (Å²) in [5.41, 5.74) is 0.592. The number of carbonyl (C=O) groups is 1. The van der Waals surface area contributed by atoms with Gasteiger partial charge in [-0.3, -0.25) is 4.79 Å². The van der Waals surface area contributed by atoms with E-state index < -0.39 is 24.1 Å². The lowest BCUT2D eigenvalue weighted by Crippen LogP contribution is -2.24. The number of thioether (sulfide) groups is 1. The fourth-order valence-electron chi connectivity index (χ4n) is 2.58. The van der Waals surface area contributed by atoms with Gasteiger partial charge in [0, 0.05) is 30.5 Å². The van der Waals surface area contributed by atoms with E-state index in [9.17, 15) is 22.4 Å². The molecule has 2 aromatic carbocycles. The fraction of sp³-hybridized carbons (Fsp3) is 0.190. The molecule has 0 atom stereocenters. The highest BCUT2D eigenvalue weighted by molar-refractivity contribution is 7.99. The summed E-state index contributed by atoms with van der Waals surface area (Å²) in [5, 5.41) is 2.95. The third-order valence-corrected chi connectivity index (χ3v) is 5.22. The smallest absolute Gasteiger partial charge is 0.274 e. The molecule has 0 radical (unpaired) electrons. The Balaban J connectivity index is 1.59. The summed E-state index contributed by atoms with van der Waals surface area (Å²) in [6, 6.07) is 9.76. The summed E-state index contributed by atoms with van der Waals surface area (Å²) in [4.78, 5) is 20.3. The molecule has 0 saturated heterocycles. The number of hydrogen-bond donors (Lipinski definition) is 1. The Morgan fingerprint density at radius 3 is 2.30 bits per heavy atom. The molecule has 0 bridgehead atoms. The van der Waals surface area contributed by atoms with E-state index in [1.165, 1.54) is 24.7 Å². The van der Waals surface area contributed by atoms with E-state index in [1.54, 1.807) is 12.1 Å². The van der Waals surface area contributed by atoms with Crippen LogP contribution in [-0.2, 0) is 12.5 Å². The van der Waals surface area contributed by atoms with Crippen LogP contribution in [0.2, 0.25) is 0 Å². The van der Waals surface area contributed by atoms with Gasteiger partial charge in [0.1, 0.15) is 23.0 Å². The SMILES string of the molecule is O=C(NCc1ccc(F)cc1)c1cncnc1SCCC(F)(F)c1ccc(F)cc1. The number of hydrogen-bond acceptors (Lipinski definition) is 4. The molecule has 1 amide bonds. The van der Waals surface area contributed by atoms with Crippen molar-refractivity contribution in [1.29, 1.82) is 0 Å². The molecule has 4 nitrogen and oxygen atoms in total. The topological polar surface area (TPSA) is 54.9 Å². The van der Waals surface area contributed by atoms with Crippen LogP contribution in [0.5, 0.6) is 0 Å². The summed E-state index contributed by atoms with van der Waals surface area (Å²) >= 11 is 1.01. The summed E-state index contributed by atoms with van der Waals surface area (Å²) in [6.07, 6.45) is 2.04. The Morgan fingerprint density at radius 1 is 1.00 bits per heavy atom. The fourth-order valence-corrected chi connectivity index (χ4v) is 3.56. The number of nitrogens with one attached hydrogen (secondary N) is 1. The molecule has 1 heterocycles. The zero-order valence-electron chi connectivity index (χ0n) is 15.6. The van der Waals surface area contributed by atoms with Crippen LogP contribution >= 0.6 is 11.8 Å². The van der Waals surface area contributed by atoms with Gasteiger partial charge >= 0.3 is 0 Å². The molecule has 0 aliphatic carbocycles. The van der Waals surface area contributed by atoms with Crippen LogP contribution in [0, 0.1) is 11.6 Å². The monoisotopic (exact) mass is 435 g/mol. The van der Waals surface area contributed by atoms with Gasteiger partial charge in [-0.2, -0.15) is 0 Å². The maximum absolute atomic E-state index is 14.3. The maximum atomic E-state index is 14.3. The zero-order valence-corrected chi connectivity index (χ0v) is 16.4. The van der Waals surface area contributed by atoms with E-state index in [1.807, 2.05) is 0 Å². The predicted octanol–water partition coefficient (Wildman–Crippen LogP) is 4.96. The van der Waals surface area contributed by atoms with Crippen molar-refractivity contribution in [2.24, 2.45) is 0 Å². The first-order valence-corrected chi connectivity index (χ1v) is 9.93. The van der Waals surface area contributed by atoms with Gasteiger partial charge in [0.25, 0.3) is 11.8 Å². The molecule has 0 spiro atoms. The molecule has 0 saturated carbocycles. The van der Waals surface area contributed by atoms with Gasteiger partial charge in [-0.15, -0.1) is 11.8 Å². The predicted molar refractivity (Wildman–Crippen MR) is 105 cm³/mol. The van der Waals surface area contributed by atoms with Crippen LogP contribution < -0.4 is 5.32 Å². The summed E-state index contributed by atoms with van der Waals surface area (Å²) in [6.45, 7) is 0.167. The van der Waals surface area contributed by atoms with E-state index in [4.69, 9.17) is 0 Å². The first kappa shape index (κ1) is 21.8. The van der Waals surface area contributed by atoms with Crippen molar-refractivity contribution in [2.75, 3.05) is 5.75 Å². The maximum Gasteiger partial charge on any atom is 0.274 e. The molecule has 0 aliphatic heterocycles. The second kappa shape index (κ2) is 9.71. The second-order valence-corrected chi connectivity index (χ2v) is 7.44. The van der Waals surface area contributed by atoms with Gasteiger partial charge in [-0.05, 0) is 29.8 Å². The number of carbonyl (C=O) groups excluding carboxylic acids is 1. The van der Waals surface area contributed by atoms with Gasteiger partial charge in [0.2, 0.25) is 0 Å². The molecular formula is C21H17F4N3OS. The van der Waals surface area contributed by atoms with Gasteiger partial charge in [0.05, 0.1) is 5.56 Å². The summed E-state index contributed by atoms with van der Waals surface area (Å²) in [7, 11) is 0. The molecule has 30 heavy (non-hydrogen) atoms. The van der Waals surface area contributed by atoms with Crippen molar-refractivity contribution >= 4 is 17.7 Å². The largest absolute Gasteiger partial charge is 0.348 e.